The van der Waals surface area contributed by atoms with E-state index in [1.54, 1.807) is 6.07 Å². The zero-order valence-electron chi connectivity index (χ0n) is 11.6. The fourth-order valence-electron chi connectivity index (χ4n) is 4.29. The van der Waals surface area contributed by atoms with Crippen molar-refractivity contribution in [1.82, 2.24) is 0 Å². The Morgan fingerprint density at radius 3 is 2.95 bits per heavy atom. The molecular formula is C15H14N2O5. The van der Waals surface area contributed by atoms with E-state index >= 15 is 0 Å². The molecule has 7 nitrogen and oxygen atoms in total. The number of anilines is 1. The number of hydrogen-bond acceptors (Lipinski definition) is 5. The van der Waals surface area contributed by atoms with Crippen LogP contribution in [0.5, 0.6) is 0 Å². The van der Waals surface area contributed by atoms with E-state index in [2.05, 4.69) is 5.32 Å². The number of non-ortho nitro benzene ring substituents is 1. The number of carbonyl (C=O) groups excluding carboxylic acids is 2. The Kier molecular flexibility index (Phi) is 2.72. The maximum Gasteiger partial charge on any atom is 0.310 e. The van der Waals surface area contributed by atoms with Gasteiger partial charge in [0.15, 0.2) is 0 Å². The fraction of sp³-hybridized carbons (Fsp3) is 0.467. The minimum atomic E-state index is -0.508. The van der Waals surface area contributed by atoms with Crippen molar-refractivity contribution in [3.8, 4) is 0 Å². The molecule has 0 unspecified atom stereocenters. The third-order valence-electron chi connectivity index (χ3n) is 5.11. The smallest absolute Gasteiger partial charge is 0.310 e. The van der Waals surface area contributed by atoms with Gasteiger partial charge in [0.25, 0.3) is 5.69 Å². The number of amides is 1. The van der Waals surface area contributed by atoms with Gasteiger partial charge in [-0.15, -0.1) is 0 Å². The summed E-state index contributed by atoms with van der Waals surface area (Å²) in [5, 5.41) is 13.5. The van der Waals surface area contributed by atoms with Gasteiger partial charge in [-0.3, -0.25) is 19.7 Å². The number of nitro groups is 1. The number of nitro benzene ring substituents is 1. The minimum Gasteiger partial charge on any atom is -0.462 e. The second-order valence-corrected chi connectivity index (χ2v) is 6.22. The van der Waals surface area contributed by atoms with Crippen molar-refractivity contribution < 1.29 is 19.2 Å². The molecule has 3 aliphatic rings. The van der Waals surface area contributed by atoms with Gasteiger partial charge >= 0.3 is 5.97 Å². The van der Waals surface area contributed by atoms with Gasteiger partial charge in [-0.05, 0) is 24.8 Å². The van der Waals surface area contributed by atoms with Crippen LogP contribution in [0, 0.1) is 33.8 Å². The van der Waals surface area contributed by atoms with E-state index in [0.29, 0.717) is 5.69 Å². The zero-order chi connectivity index (χ0) is 15.4. The topological polar surface area (TPSA) is 98.5 Å². The van der Waals surface area contributed by atoms with Gasteiger partial charge in [-0.1, -0.05) is 6.07 Å². The molecule has 1 N–H and O–H groups in total. The van der Waals surface area contributed by atoms with Gasteiger partial charge in [-0.25, -0.2) is 0 Å². The SMILES string of the molecule is O=C(Nc1cccc([N+](=O)[O-])c1)[C@@H]1[C@@H]2C[C@@H]3[C@@H]1C(=O)O[C@@H]3C2. The predicted molar refractivity (Wildman–Crippen MR) is 74.8 cm³/mol. The Morgan fingerprint density at radius 1 is 1.36 bits per heavy atom. The number of ether oxygens (including phenoxy) is 1. The molecule has 1 heterocycles. The fourth-order valence-corrected chi connectivity index (χ4v) is 4.29. The van der Waals surface area contributed by atoms with Crippen molar-refractivity contribution in [3.63, 3.8) is 0 Å². The normalized spacial score (nSPS) is 34.5. The van der Waals surface area contributed by atoms with Crippen LogP contribution >= 0.6 is 0 Å². The van der Waals surface area contributed by atoms with Gasteiger partial charge in [0.05, 0.1) is 16.8 Å². The summed E-state index contributed by atoms with van der Waals surface area (Å²) in [4.78, 5) is 34.7. The molecule has 1 amide bonds. The van der Waals surface area contributed by atoms with Gasteiger partial charge in [0.1, 0.15) is 6.10 Å². The number of esters is 1. The van der Waals surface area contributed by atoms with Crippen molar-refractivity contribution in [1.29, 1.82) is 0 Å². The number of nitrogens with one attached hydrogen (secondary N) is 1. The number of rotatable bonds is 3. The Morgan fingerprint density at radius 2 is 2.18 bits per heavy atom. The van der Waals surface area contributed by atoms with Crippen LogP contribution in [0.2, 0.25) is 0 Å². The third-order valence-corrected chi connectivity index (χ3v) is 5.11. The molecule has 22 heavy (non-hydrogen) atoms. The van der Waals surface area contributed by atoms with E-state index in [0.717, 1.165) is 12.8 Å². The molecule has 4 rings (SSSR count). The van der Waals surface area contributed by atoms with Crippen LogP contribution in [-0.4, -0.2) is 22.9 Å². The highest BCUT2D eigenvalue weighted by molar-refractivity contribution is 5.97. The van der Waals surface area contributed by atoms with Crippen LogP contribution in [0.4, 0.5) is 11.4 Å². The molecule has 2 saturated carbocycles. The molecule has 3 fully saturated rings. The maximum atomic E-state index is 12.5. The van der Waals surface area contributed by atoms with Gasteiger partial charge < -0.3 is 10.1 Å². The Bertz CT molecular complexity index is 686. The molecule has 2 bridgehead atoms. The lowest BCUT2D eigenvalue weighted by Crippen LogP contribution is -2.35. The highest BCUT2D eigenvalue weighted by Gasteiger charge is 2.63. The van der Waals surface area contributed by atoms with Crippen LogP contribution in [0.1, 0.15) is 12.8 Å². The van der Waals surface area contributed by atoms with Crippen molar-refractivity contribution in [2.24, 2.45) is 23.7 Å². The molecule has 1 aliphatic heterocycles. The summed E-state index contributed by atoms with van der Waals surface area (Å²) in [7, 11) is 0. The first kappa shape index (κ1) is 13.2. The quantitative estimate of drug-likeness (QED) is 0.521. The van der Waals surface area contributed by atoms with Crippen LogP contribution < -0.4 is 5.32 Å². The van der Waals surface area contributed by atoms with E-state index in [4.69, 9.17) is 4.74 Å². The maximum absolute atomic E-state index is 12.5. The summed E-state index contributed by atoms with van der Waals surface area (Å²) in [5.41, 5.74) is 0.302. The van der Waals surface area contributed by atoms with E-state index < -0.39 is 4.92 Å². The Balaban J connectivity index is 1.55. The van der Waals surface area contributed by atoms with Crippen molar-refractivity contribution in [3.05, 3.63) is 34.4 Å². The van der Waals surface area contributed by atoms with Crippen LogP contribution in [0.15, 0.2) is 24.3 Å². The standard InChI is InChI=1S/C15H14N2O5/c18-14(16-8-2-1-3-9(6-8)17(20)21)12-7-4-10-11(5-7)22-15(19)13(10)12/h1-3,6-7,10-13H,4-5H2,(H,16,18)/t7-,10+,11-,12-,13+/m1/s1. The summed E-state index contributed by atoms with van der Waals surface area (Å²) in [6.07, 6.45) is 1.60. The molecule has 0 radical (unpaired) electrons. The van der Waals surface area contributed by atoms with Gasteiger partial charge in [0, 0.05) is 23.7 Å². The van der Waals surface area contributed by atoms with Crippen molar-refractivity contribution in [2.45, 2.75) is 18.9 Å². The first-order valence-electron chi connectivity index (χ1n) is 7.30. The molecule has 7 heteroatoms. The lowest BCUT2D eigenvalue weighted by molar-refractivity contribution is -0.384. The Hall–Kier alpha value is -2.44. The van der Waals surface area contributed by atoms with Crippen LogP contribution in [0.3, 0.4) is 0 Å². The molecule has 1 saturated heterocycles. The molecular weight excluding hydrogens is 288 g/mol. The molecule has 2 aliphatic carbocycles. The van der Waals surface area contributed by atoms with E-state index in [9.17, 15) is 19.7 Å². The molecule has 114 valence electrons. The van der Waals surface area contributed by atoms with Crippen molar-refractivity contribution >= 4 is 23.3 Å². The summed E-state index contributed by atoms with van der Waals surface area (Å²) >= 11 is 0. The van der Waals surface area contributed by atoms with E-state index in [1.807, 2.05) is 0 Å². The minimum absolute atomic E-state index is 0.00985. The summed E-state index contributed by atoms with van der Waals surface area (Å²) in [6.45, 7) is 0. The zero-order valence-corrected chi connectivity index (χ0v) is 11.6. The van der Waals surface area contributed by atoms with E-state index in [-0.39, 0.29) is 47.3 Å². The third kappa shape index (κ3) is 1.81. The number of nitrogens with zero attached hydrogens (tertiary/aromatic N) is 1. The molecule has 0 spiro atoms. The molecule has 1 aromatic rings. The lowest BCUT2D eigenvalue weighted by atomic mass is 9.79. The lowest BCUT2D eigenvalue weighted by Gasteiger charge is -2.23. The van der Waals surface area contributed by atoms with Gasteiger partial charge in [0.2, 0.25) is 5.91 Å². The second kappa shape index (κ2) is 4.53. The first-order chi connectivity index (χ1) is 10.5. The molecule has 0 aromatic heterocycles. The molecule has 5 atom stereocenters. The predicted octanol–water partition coefficient (Wildman–Crippen LogP) is 1.73. The summed E-state index contributed by atoms with van der Waals surface area (Å²) < 4.78 is 5.31. The molecule has 1 aromatic carbocycles. The highest BCUT2D eigenvalue weighted by Crippen LogP contribution is 2.57. The Labute approximate surface area is 125 Å². The summed E-state index contributed by atoms with van der Waals surface area (Å²) in [6, 6.07) is 5.81. The first-order valence-corrected chi connectivity index (χ1v) is 7.30. The van der Waals surface area contributed by atoms with Crippen molar-refractivity contribution in [2.75, 3.05) is 5.32 Å². The van der Waals surface area contributed by atoms with E-state index in [1.165, 1.54) is 18.2 Å². The number of fused-ring (bicyclic) bond motifs is 1. The highest BCUT2D eigenvalue weighted by atomic mass is 16.6. The summed E-state index contributed by atoms with van der Waals surface area (Å²) in [5.74, 6) is -0.897. The van der Waals surface area contributed by atoms with Crippen LogP contribution in [-0.2, 0) is 14.3 Å². The average Bonchev–Trinajstić information content (AvgIpc) is 3.08. The van der Waals surface area contributed by atoms with Gasteiger partial charge in [-0.2, -0.15) is 0 Å². The number of benzene rings is 1. The second-order valence-electron chi connectivity index (χ2n) is 6.22. The largest absolute Gasteiger partial charge is 0.462 e. The average molecular weight is 302 g/mol. The van der Waals surface area contributed by atoms with Crippen LogP contribution in [0.25, 0.3) is 0 Å². The number of hydrogen-bond donors (Lipinski definition) is 1. The number of carbonyl (C=O) groups is 2. The monoisotopic (exact) mass is 302 g/mol.